The van der Waals surface area contributed by atoms with Crippen LogP contribution in [0.5, 0.6) is 0 Å². The summed E-state index contributed by atoms with van der Waals surface area (Å²) in [6.45, 7) is 0. The quantitative estimate of drug-likeness (QED) is 0.142. The molecule has 3 heterocycles. The summed E-state index contributed by atoms with van der Waals surface area (Å²) in [4.78, 5) is 0. The van der Waals surface area contributed by atoms with Crippen molar-refractivity contribution >= 4 is 174 Å². The topological polar surface area (TPSA) is 39.4 Å². The summed E-state index contributed by atoms with van der Waals surface area (Å²) < 4.78 is 36.6. The SMILES string of the molecule is [2H]C.[2H]C.[2H]C.c1ccc(-c2ccc(-c3c4ccccc4c(-c4cccc5oc6cc7ccccc7cc6c45)c4ccccc34)cc2)cc1.c1ccc(-c2ccccc2-c2c3ccccc3c(-c3ccc4oc5cc6ccccc6cc5c4c3)c3ccccc23)cc1.c1ccc2cc(-c3c4ccccc4c(-c4cccc5oc6cc7ccccc7cc6c45)c4ccccc34)ccc2c1. The van der Waals surface area contributed by atoms with Crippen molar-refractivity contribution in [3.8, 4) is 89.0 Å². The Kier molecular flexibility index (Phi) is 19.0. The molecule has 0 amide bonds. The van der Waals surface area contributed by atoms with E-state index >= 15 is 0 Å². The van der Waals surface area contributed by atoms with E-state index < -0.39 is 0 Å². The van der Waals surface area contributed by atoms with Gasteiger partial charge in [-0.3, -0.25) is 0 Å². The molecular formula is C127H88O3. The minimum absolute atomic E-state index is 0.913. The highest BCUT2D eigenvalue weighted by molar-refractivity contribution is 6.30. The second kappa shape index (κ2) is 32.7. The summed E-state index contributed by atoms with van der Waals surface area (Å²) in [7, 11) is 3.75. The highest BCUT2D eigenvalue weighted by atomic mass is 16.3. The number of furan rings is 3. The first kappa shape index (κ1) is 75.8. The molecule has 24 aromatic carbocycles. The van der Waals surface area contributed by atoms with Crippen molar-refractivity contribution in [1.29, 1.82) is 0 Å². The molecule has 0 atom stereocenters. The summed E-state index contributed by atoms with van der Waals surface area (Å²) in [6, 6.07) is 166. The van der Waals surface area contributed by atoms with Gasteiger partial charge in [0.15, 0.2) is 0 Å². The third kappa shape index (κ3) is 13.2. The minimum atomic E-state index is 0.913. The van der Waals surface area contributed by atoms with E-state index in [1.54, 1.807) is 0 Å². The number of hydrogen-bond acceptors (Lipinski definition) is 3. The third-order valence-corrected chi connectivity index (χ3v) is 26.3. The van der Waals surface area contributed by atoms with Gasteiger partial charge in [-0.25, -0.2) is 0 Å². The number of benzene rings is 24. The van der Waals surface area contributed by atoms with Crippen LogP contribution in [0.2, 0.25) is 0 Å². The lowest BCUT2D eigenvalue weighted by atomic mass is 9.83. The molecule has 27 rings (SSSR count). The first-order chi connectivity index (χ1) is 66.0. The zero-order valence-corrected chi connectivity index (χ0v) is 72.1. The van der Waals surface area contributed by atoms with Gasteiger partial charge in [-0.15, -0.1) is 0 Å². The third-order valence-electron chi connectivity index (χ3n) is 26.3. The molecule has 3 aromatic heterocycles. The first-order valence-electron chi connectivity index (χ1n) is 46.6. The molecule has 0 aliphatic rings. The molecule has 0 saturated carbocycles. The minimum Gasteiger partial charge on any atom is -0.456 e. The van der Waals surface area contributed by atoms with Crippen molar-refractivity contribution in [1.82, 2.24) is 0 Å². The lowest BCUT2D eigenvalue weighted by Crippen LogP contribution is -1.92. The summed E-state index contributed by atoms with van der Waals surface area (Å²) in [5, 5.41) is 31.7. The fourth-order valence-corrected chi connectivity index (χ4v) is 20.6. The maximum atomic E-state index is 6.49. The van der Waals surface area contributed by atoms with E-state index in [0.717, 1.165) is 55.0 Å². The Balaban J connectivity index is 0.000000113. The van der Waals surface area contributed by atoms with Crippen LogP contribution < -0.4 is 0 Å². The van der Waals surface area contributed by atoms with Crippen molar-refractivity contribution < 1.29 is 17.4 Å². The fraction of sp³-hybridized carbons (Fsp3) is 0.0236. The van der Waals surface area contributed by atoms with E-state index in [0.29, 0.717) is 0 Å². The maximum absolute atomic E-state index is 6.49. The molecule has 0 radical (unpaired) electrons. The van der Waals surface area contributed by atoms with Gasteiger partial charge in [0.25, 0.3) is 0 Å². The van der Waals surface area contributed by atoms with Crippen LogP contribution >= 0.6 is 0 Å². The molecular weight excluding hydrogens is 1570 g/mol. The van der Waals surface area contributed by atoms with E-state index in [-0.39, 0.29) is 0 Å². The summed E-state index contributed by atoms with van der Waals surface area (Å²) in [5.74, 6) is 0. The normalized spacial score (nSPS) is 11.7. The molecule has 0 bridgehead atoms. The van der Waals surface area contributed by atoms with Crippen LogP contribution in [0.15, 0.2) is 474 Å². The Labute approximate surface area is 758 Å². The smallest absolute Gasteiger partial charge is 0.136 e. The summed E-state index contributed by atoms with van der Waals surface area (Å²) >= 11 is 0. The van der Waals surface area contributed by atoms with Gasteiger partial charge in [0.1, 0.15) is 33.5 Å². The highest BCUT2D eigenvalue weighted by Crippen LogP contribution is 2.53. The van der Waals surface area contributed by atoms with Crippen LogP contribution in [0.4, 0.5) is 0 Å². The largest absolute Gasteiger partial charge is 0.456 e. The van der Waals surface area contributed by atoms with Gasteiger partial charge in [-0.1, -0.05) is 417 Å². The molecule has 0 unspecified atom stereocenters. The van der Waals surface area contributed by atoms with Crippen molar-refractivity contribution in [2.24, 2.45) is 0 Å². The average molecular weight is 1670 g/mol. The predicted molar refractivity (Wildman–Crippen MR) is 560 cm³/mol. The Morgan fingerprint density at radius 3 is 0.815 bits per heavy atom. The molecule has 0 saturated heterocycles. The Bertz CT molecular complexity index is 8990. The standard InChI is InChI=1S/2C42H26O.C40H24O.3CH4/c1-2-11-27(12-3-1)28-21-23-29(24-22-28)40-32-15-6-8-17-34(32)41(35-18-9-7-16-33(35)40)36-19-10-20-38-42(36)37-25-30-13-4-5-14-31(30)26-39(37)43-38;1-2-12-27(13-3-1)31-16-6-7-17-32(31)42-35-20-10-8-18-33(35)41(34-19-9-11-21-36(34)42)30-22-23-39-37(25-30)38-24-28-14-4-5-15-29(28)26-40(38)43-39;1-2-11-26-22-29(21-20-25(26)10-1)38-30-14-5-7-16-32(30)39(33-17-8-6-15-31(33)38)34-18-9-19-36-40(34)35-23-27-12-3-4-13-28(27)24-37(35)41-36;;;/h2*1-26H;1-24H;3*1H4/i;;;3*1D. The molecule has 27 aromatic rings. The molecule has 0 N–H and O–H groups in total. The van der Waals surface area contributed by atoms with Crippen LogP contribution in [-0.4, -0.2) is 0 Å². The van der Waals surface area contributed by atoms with Crippen molar-refractivity contribution in [2.45, 2.75) is 22.2 Å². The summed E-state index contributed by atoms with van der Waals surface area (Å²) in [5.41, 5.74) is 25.3. The molecule has 3 nitrogen and oxygen atoms in total. The zero-order valence-electron chi connectivity index (χ0n) is 75.1. The Morgan fingerprint density at radius 2 is 0.392 bits per heavy atom. The lowest BCUT2D eigenvalue weighted by molar-refractivity contribution is 0.669. The van der Waals surface area contributed by atoms with E-state index in [1.807, 2.05) is 0 Å². The number of rotatable bonds is 8. The molecule has 614 valence electrons. The monoisotopic (exact) mass is 1660 g/mol. The van der Waals surface area contributed by atoms with E-state index in [2.05, 4.69) is 461 Å². The van der Waals surface area contributed by atoms with Crippen LogP contribution in [0.25, 0.3) is 263 Å². The molecule has 0 aliphatic heterocycles. The van der Waals surface area contributed by atoms with Gasteiger partial charge in [0.2, 0.25) is 0 Å². The van der Waals surface area contributed by atoms with Crippen LogP contribution in [0.1, 0.15) is 26.3 Å². The Hall–Kier alpha value is -16.7. The first-order valence-corrected chi connectivity index (χ1v) is 43.6. The number of fused-ring (bicyclic) bond motifs is 19. The van der Waals surface area contributed by atoms with Crippen LogP contribution in [0, 0.1) is 0 Å². The highest BCUT2D eigenvalue weighted by Gasteiger charge is 2.26. The average Bonchev–Trinajstić information content (AvgIpc) is 1.72. The predicted octanol–water partition coefficient (Wildman–Crippen LogP) is 37.5. The second-order valence-electron chi connectivity index (χ2n) is 33.4. The molecule has 0 aliphatic carbocycles. The molecule has 130 heavy (non-hydrogen) atoms. The molecule has 0 spiro atoms. The van der Waals surface area contributed by atoms with E-state index in [4.69, 9.17) is 17.4 Å². The molecule has 0 fully saturated rings. The lowest BCUT2D eigenvalue weighted by Gasteiger charge is -2.19. The summed E-state index contributed by atoms with van der Waals surface area (Å²) in [6.07, 6.45) is 0. The van der Waals surface area contributed by atoms with Gasteiger partial charge in [0.05, 0.1) is 0 Å². The number of hydrogen-bond donors (Lipinski definition) is 0. The van der Waals surface area contributed by atoms with Gasteiger partial charge in [-0.2, -0.15) is 0 Å². The zero-order chi connectivity index (χ0) is 89.6. The van der Waals surface area contributed by atoms with E-state index in [1.165, 1.54) is 230 Å². The van der Waals surface area contributed by atoms with Crippen LogP contribution in [0.3, 0.4) is 0 Å². The van der Waals surface area contributed by atoms with Gasteiger partial charge in [-0.05, 0) is 263 Å². The second-order valence-corrected chi connectivity index (χ2v) is 33.4. The van der Waals surface area contributed by atoms with E-state index in [9.17, 15) is 0 Å². The van der Waals surface area contributed by atoms with Gasteiger partial charge in [0, 0.05) is 36.4 Å². The van der Waals surface area contributed by atoms with Crippen molar-refractivity contribution in [3.05, 3.63) is 461 Å². The fourth-order valence-electron chi connectivity index (χ4n) is 20.6. The molecule has 3 heteroatoms. The van der Waals surface area contributed by atoms with Crippen molar-refractivity contribution in [3.63, 3.8) is 0 Å². The Morgan fingerprint density at radius 1 is 0.131 bits per heavy atom. The van der Waals surface area contributed by atoms with Crippen LogP contribution in [-0.2, 0) is 0 Å². The van der Waals surface area contributed by atoms with Crippen molar-refractivity contribution in [2.75, 3.05) is 0 Å². The maximum Gasteiger partial charge on any atom is 0.136 e. The van der Waals surface area contributed by atoms with Gasteiger partial charge < -0.3 is 13.3 Å². The van der Waals surface area contributed by atoms with Gasteiger partial charge >= 0.3 is 0 Å².